The Balaban J connectivity index is 0.999. The molecule has 8 rings (SSSR count). The van der Waals surface area contributed by atoms with Crippen LogP contribution in [0.4, 0.5) is 27.5 Å². The van der Waals surface area contributed by atoms with Crippen molar-refractivity contribution in [3.05, 3.63) is 121 Å². The number of hydrogen-bond acceptors (Lipinski definition) is 3. The fourth-order valence-corrected chi connectivity index (χ4v) is 5.80. The molecule has 46 heavy (non-hydrogen) atoms. The maximum absolute atomic E-state index is 13.2. The van der Waals surface area contributed by atoms with Crippen LogP contribution < -0.4 is 21.3 Å². The van der Waals surface area contributed by atoms with Crippen molar-refractivity contribution in [2.45, 2.75) is 0 Å². The number of amides is 4. The topological polar surface area (TPSA) is 162 Å². The standard InChI is InChI=1S/C35H26N8O3/c44-33(40-23-9-1-5-19-13-15-36-29(19)23)27-17-21-7-3-11-25(31(21)38-27)42-35(46)43-26-12-4-8-22-18-28(39-32(22)26)34(45)41-24-10-2-6-20-14-16-37-30(20)24/h1-18,36-39H,(H,40,44)(H,41,45)(H2,42,43,46). The molecule has 0 aliphatic carbocycles. The molecular weight excluding hydrogens is 580 g/mol. The van der Waals surface area contributed by atoms with E-state index in [2.05, 4.69) is 41.2 Å². The minimum Gasteiger partial charge on any atom is -0.359 e. The van der Waals surface area contributed by atoms with Crippen molar-refractivity contribution in [2.75, 3.05) is 21.3 Å². The highest BCUT2D eigenvalue weighted by atomic mass is 16.2. The molecule has 11 heteroatoms. The lowest BCUT2D eigenvalue weighted by atomic mass is 10.2. The van der Waals surface area contributed by atoms with Crippen molar-refractivity contribution in [3.63, 3.8) is 0 Å². The fourth-order valence-electron chi connectivity index (χ4n) is 5.80. The Morgan fingerprint density at radius 1 is 0.435 bits per heavy atom. The zero-order chi connectivity index (χ0) is 31.2. The lowest BCUT2D eigenvalue weighted by Crippen LogP contribution is -2.20. The van der Waals surface area contributed by atoms with Gasteiger partial charge in [-0.15, -0.1) is 0 Å². The van der Waals surface area contributed by atoms with Crippen LogP contribution in [-0.4, -0.2) is 37.8 Å². The van der Waals surface area contributed by atoms with E-state index in [9.17, 15) is 14.4 Å². The second kappa shape index (κ2) is 10.8. The van der Waals surface area contributed by atoms with E-state index in [1.165, 1.54) is 0 Å². The Bertz CT molecular complexity index is 2290. The van der Waals surface area contributed by atoms with E-state index in [1.807, 2.05) is 73.1 Å². The number of aromatic nitrogens is 4. The molecule has 0 saturated heterocycles. The first-order valence-corrected chi connectivity index (χ1v) is 14.6. The smallest absolute Gasteiger partial charge is 0.323 e. The molecule has 0 unspecified atom stereocenters. The second-order valence-corrected chi connectivity index (χ2v) is 10.9. The average Bonchev–Trinajstić information content (AvgIpc) is 3.86. The van der Waals surface area contributed by atoms with Crippen LogP contribution in [0.15, 0.2) is 109 Å². The Labute approximate surface area is 260 Å². The van der Waals surface area contributed by atoms with E-state index in [0.29, 0.717) is 45.2 Å². The van der Waals surface area contributed by atoms with Crippen LogP contribution >= 0.6 is 0 Å². The number of carbonyl (C=O) groups is 3. The largest absolute Gasteiger partial charge is 0.359 e. The summed E-state index contributed by atoms with van der Waals surface area (Å²) >= 11 is 0. The number of H-pyrrole nitrogens is 4. The molecule has 0 bridgehead atoms. The van der Waals surface area contributed by atoms with Crippen LogP contribution in [0.25, 0.3) is 43.6 Å². The SMILES string of the molecule is O=C(Nc1cccc2cc(C(=O)Nc3cccc4cc[nH]c34)[nH]c12)Nc1cccc2cc(C(=O)Nc3cccc4cc[nH]c34)[nH]c12. The molecule has 0 fully saturated rings. The van der Waals surface area contributed by atoms with Crippen molar-refractivity contribution in [1.29, 1.82) is 0 Å². The molecule has 0 aliphatic rings. The first kappa shape index (κ1) is 26.8. The first-order valence-electron chi connectivity index (χ1n) is 14.6. The highest BCUT2D eigenvalue weighted by molar-refractivity contribution is 6.14. The van der Waals surface area contributed by atoms with Crippen molar-refractivity contribution in [3.8, 4) is 0 Å². The third-order valence-corrected chi connectivity index (χ3v) is 7.97. The summed E-state index contributed by atoms with van der Waals surface area (Å²) in [4.78, 5) is 52.1. The van der Waals surface area contributed by atoms with Gasteiger partial charge in [0, 0.05) is 33.9 Å². The molecule has 0 aliphatic heterocycles. The van der Waals surface area contributed by atoms with Gasteiger partial charge in [0.2, 0.25) is 0 Å². The van der Waals surface area contributed by atoms with Gasteiger partial charge in [0.15, 0.2) is 0 Å². The minimum absolute atomic E-state index is 0.309. The van der Waals surface area contributed by atoms with Crippen LogP contribution in [0, 0.1) is 0 Å². The summed E-state index contributed by atoms with van der Waals surface area (Å²) in [5.41, 5.74) is 5.92. The van der Waals surface area contributed by atoms with Crippen LogP contribution in [0.3, 0.4) is 0 Å². The molecule has 0 spiro atoms. The van der Waals surface area contributed by atoms with Crippen LogP contribution in [0.1, 0.15) is 21.0 Å². The van der Waals surface area contributed by atoms with Gasteiger partial charge in [-0.1, -0.05) is 48.5 Å². The Hall–Kier alpha value is -6.75. The van der Waals surface area contributed by atoms with Crippen molar-refractivity contribution in [1.82, 2.24) is 19.9 Å². The molecule has 11 nitrogen and oxygen atoms in total. The van der Waals surface area contributed by atoms with Gasteiger partial charge < -0.3 is 41.2 Å². The van der Waals surface area contributed by atoms with E-state index >= 15 is 0 Å². The number of carbonyl (C=O) groups excluding carboxylic acids is 3. The first-order chi connectivity index (χ1) is 22.5. The minimum atomic E-state index is -0.488. The molecule has 8 aromatic rings. The van der Waals surface area contributed by atoms with Gasteiger partial charge in [-0.3, -0.25) is 9.59 Å². The molecule has 4 aromatic carbocycles. The maximum atomic E-state index is 13.2. The van der Waals surface area contributed by atoms with Crippen molar-refractivity contribution in [2.24, 2.45) is 0 Å². The number of hydrogen-bond donors (Lipinski definition) is 8. The molecule has 8 N–H and O–H groups in total. The molecule has 4 amide bonds. The van der Waals surface area contributed by atoms with Gasteiger partial charge in [-0.25, -0.2) is 4.79 Å². The predicted molar refractivity (Wildman–Crippen MR) is 182 cm³/mol. The van der Waals surface area contributed by atoms with E-state index in [-0.39, 0.29) is 11.8 Å². The molecule has 0 radical (unpaired) electrons. The van der Waals surface area contributed by atoms with Crippen LogP contribution in [0.5, 0.6) is 0 Å². The normalized spacial score (nSPS) is 11.3. The summed E-state index contributed by atoms with van der Waals surface area (Å²) in [5, 5.41) is 15.2. The van der Waals surface area contributed by atoms with Crippen molar-refractivity contribution >= 4 is 84.2 Å². The van der Waals surface area contributed by atoms with E-state index in [0.717, 1.165) is 32.6 Å². The molecule has 4 aromatic heterocycles. The van der Waals surface area contributed by atoms with Gasteiger partial charge >= 0.3 is 6.03 Å². The number of aromatic amines is 4. The summed E-state index contributed by atoms with van der Waals surface area (Å²) in [6.45, 7) is 0. The average molecular weight is 607 g/mol. The predicted octanol–water partition coefficient (Wildman–Crippen LogP) is 7.76. The second-order valence-electron chi connectivity index (χ2n) is 10.9. The summed E-state index contributed by atoms with van der Waals surface area (Å²) in [6.07, 6.45) is 3.65. The lowest BCUT2D eigenvalue weighted by molar-refractivity contribution is 0.101. The monoisotopic (exact) mass is 606 g/mol. The van der Waals surface area contributed by atoms with Gasteiger partial charge in [-0.2, -0.15) is 0 Å². The summed E-state index contributed by atoms with van der Waals surface area (Å²) in [7, 11) is 0. The van der Waals surface area contributed by atoms with E-state index < -0.39 is 6.03 Å². The number of benzene rings is 4. The highest BCUT2D eigenvalue weighted by Crippen LogP contribution is 2.28. The van der Waals surface area contributed by atoms with Crippen molar-refractivity contribution < 1.29 is 14.4 Å². The van der Waals surface area contributed by atoms with Crippen LogP contribution in [0.2, 0.25) is 0 Å². The maximum Gasteiger partial charge on any atom is 0.323 e. The lowest BCUT2D eigenvalue weighted by Gasteiger charge is -2.10. The molecule has 4 heterocycles. The molecule has 0 saturated carbocycles. The summed E-state index contributed by atoms with van der Waals surface area (Å²) in [6, 6.07) is 29.1. The third kappa shape index (κ3) is 4.77. The Kier molecular flexibility index (Phi) is 6.28. The number of para-hydroxylation sites is 4. The Morgan fingerprint density at radius 2 is 0.826 bits per heavy atom. The zero-order valence-electron chi connectivity index (χ0n) is 24.1. The highest BCUT2D eigenvalue weighted by Gasteiger charge is 2.17. The van der Waals surface area contributed by atoms with Gasteiger partial charge in [0.05, 0.1) is 44.8 Å². The number of nitrogens with one attached hydrogen (secondary N) is 8. The number of anilines is 4. The summed E-state index contributed by atoms with van der Waals surface area (Å²) < 4.78 is 0. The summed E-state index contributed by atoms with van der Waals surface area (Å²) in [5.74, 6) is -0.618. The van der Waals surface area contributed by atoms with Gasteiger partial charge in [-0.05, 0) is 48.5 Å². The zero-order valence-corrected chi connectivity index (χ0v) is 24.1. The number of urea groups is 1. The van der Waals surface area contributed by atoms with E-state index in [1.54, 1.807) is 36.4 Å². The molecule has 0 atom stereocenters. The Morgan fingerprint density at radius 3 is 1.26 bits per heavy atom. The third-order valence-electron chi connectivity index (χ3n) is 7.97. The quantitative estimate of drug-likeness (QED) is 0.0972. The van der Waals surface area contributed by atoms with Gasteiger partial charge in [0.1, 0.15) is 11.4 Å². The number of fused-ring (bicyclic) bond motifs is 4. The molecule has 224 valence electrons. The van der Waals surface area contributed by atoms with E-state index in [4.69, 9.17) is 0 Å². The van der Waals surface area contributed by atoms with Gasteiger partial charge in [0.25, 0.3) is 11.8 Å². The molecular formula is C35H26N8O3. The number of rotatable bonds is 6. The fraction of sp³-hybridized carbons (Fsp3) is 0. The van der Waals surface area contributed by atoms with Crippen LogP contribution in [-0.2, 0) is 0 Å².